The number of hydrogen-bond donors (Lipinski definition) is 2. The highest BCUT2D eigenvalue weighted by Crippen LogP contribution is 2.10. The molecule has 138 valence electrons. The van der Waals surface area contributed by atoms with E-state index in [-0.39, 0.29) is 11.8 Å². The van der Waals surface area contributed by atoms with Crippen molar-refractivity contribution in [2.24, 2.45) is 7.05 Å². The Morgan fingerprint density at radius 3 is 2.26 bits per heavy atom. The van der Waals surface area contributed by atoms with Gasteiger partial charge in [-0.15, -0.1) is 0 Å². The highest BCUT2D eigenvalue weighted by Gasteiger charge is 2.23. The number of amides is 2. The first-order chi connectivity index (χ1) is 13.0. The summed E-state index contributed by atoms with van der Waals surface area (Å²) in [6.45, 7) is 1.87. The lowest BCUT2D eigenvalue weighted by Crippen LogP contribution is -2.45. The van der Waals surface area contributed by atoms with Gasteiger partial charge >= 0.3 is 0 Å². The number of rotatable bonds is 6. The van der Waals surface area contributed by atoms with Gasteiger partial charge in [0.15, 0.2) is 0 Å². The van der Waals surface area contributed by atoms with Crippen LogP contribution in [0, 0.1) is 6.92 Å². The van der Waals surface area contributed by atoms with Crippen LogP contribution in [0.15, 0.2) is 66.7 Å². The summed E-state index contributed by atoms with van der Waals surface area (Å²) in [6.07, 6.45) is 0.386. The van der Waals surface area contributed by atoms with Crippen molar-refractivity contribution >= 4 is 17.5 Å². The number of benzene rings is 2. The maximum atomic E-state index is 12.8. The topological polar surface area (TPSA) is 76.0 Å². The molecule has 3 rings (SSSR count). The van der Waals surface area contributed by atoms with Gasteiger partial charge in [-0.1, -0.05) is 48.5 Å². The Kier molecular flexibility index (Phi) is 5.66. The summed E-state index contributed by atoms with van der Waals surface area (Å²) in [6, 6.07) is 19.7. The molecule has 0 saturated heterocycles. The number of carbonyl (C=O) groups excluding carboxylic acids is 2. The Hall–Kier alpha value is -3.41. The van der Waals surface area contributed by atoms with Crippen LogP contribution in [0.1, 0.15) is 21.7 Å². The molecule has 6 nitrogen and oxygen atoms in total. The second kappa shape index (κ2) is 8.31. The van der Waals surface area contributed by atoms with E-state index in [0.717, 1.165) is 11.3 Å². The lowest BCUT2D eigenvalue weighted by Gasteiger charge is -2.18. The van der Waals surface area contributed by atoms with Crippen molar-refractivity contribution in [2.45, 2.75) is 19.4 Å². The minimum Gasteiger partial charge on any atom is -0.338 e. The van der Waals surface area contributed by atoms with E-state index < -0.39 is 6.04 Å². The Labute approximate surface area is 158 Å². The predicted molar refractivity (Wildman–Crippen MR) is 104 cm³/mol. The standard InChI is InChI=1S/C21H22N4O2/c1-15-13-19(24-25(15)2)21(27)23-18(14-16-9-5-3-6-10-16)20(26)22-17-11-7-4-8-12-17/h3-13,18H,14H2,1-2H3,(H,22,26)(H,23,27). The minimum atomic E-state index is -0.720. The molecule has 0 aliphatic carbocycles. The van der Waals surface area contributed by atoms with E-state index in [0.29, 0.717) is 17.8 Å². The van der Waals surface area contributed by atoms with E-state index in [2.05, 4.69) is 15.7 Å². The zero-order valence-electron chi connectivity index (χ0n) is 15.3. The summed E-state index contributed by atoms with van der Waals surface area (Å²) in [5.74, 6) is -0.645. The summed E-state index contributed by atoms with van der Waals surface area (Å²) in [7, 11) is 1.77. The lowest BCUT2D eigenvalue weighted by molar-refractivity contribution is -0.118. The number of aryl methyl sites for hydroxylation is 2. The smallest absolute Gasteiger partial charge is 0.272 e. The van der Waals surface area contributed by atoms with Crippen LogP contribution in [0.4, 0.5) is 5.69 Å². The molecule has 0 radical (unpaired) electrons. The predicted octanol–water partition coefficient (Wildman–Crippen LogP) is 2.71. The fraction of sp³-hybridized carbons (Fsp3) is 0.190. The van der Waals surface area contributed by atoms with Crippen molar-refractivity contribution in [1.82, 2.24) is 15.1 Å². The van der Waals surface area contributed by atoms with Gasteiger partial charge in [-0.3, -0.25) is 14.3 Å². The third-order valence-corrected chi connectivity index (χ3v) is 4.29. The van der Waals surface area contributed by atoms with Gasteiger partial charge in [0.05, 0.1) is 0 Å². The molecule has 6 heteroatoms. The minimum absolute atomic E-state index is 0.272. The molecule has 0 spiro atoms. The van der Waals surface area contributed by atoms with Crippen molar-refractivity contribution in [2.75, 3.05) is 5.32 Å². The molecule has 2 N–H and O–H groups in total. The third kappa shape index (κ3) is 4.82. The zero-order valence-corrected chi connectivity index (χ0v) is 15.3. The van der Waals surface area contributed by atoms with E-state index in [1.165, 1.54) is 0 Å². The zero-order chi connectivity index (χ0) is 19.2. The van der Waals surface area contributed by atoms with Crippen LogP contribution < -0.4 is 10.6 Å². The van der Waals surface area contributed by atoms with Crippen molar-refractivity contribution < 1.29 is 9.59 Å². The number of nitrogens with one attached hydrogen (secondary N) is 2. The first-order valence-corrected chi connectivity index (χ1v) is 8.74. The number of para-hydroxylation sites is 1. The molecular weight excluding hydrogens is 340 g/mol. The van der Waals surface area contributed by atoms with Crippen molar-refractivity contribution in [3.05, 3.63) is 83.7 Å². The molecule has 0 aliphatic rings. The van der Waals surface area contributed by atoms with Gasteiger partial charge in [-0.2, -0.15) is 5.10 Å². The summed E-state index contributed by atoms with van der Waals surface area (Å²) < 4.78 is 1.63. The fourth-order valence-corrected chi connectivity index (χ4v) is 2.71. The SMILES string of the molecule is Cc1cc(C(=O)NC(Cc2ccccc2)C(=O)Nc2ccccc2)nn1C. The normalized spacial score (nSPS) is 11.6. The molecule has 2 amide bonds. The number of aromatic nitrogens is 2. The largest absolute Gasteiger partial charge is 0.338 e. The van der Waals surface area contributed by atoms with E-state index in [4.69, 9.17) is 0 Å². The maximum Gasteiger partial charge on any atom is 0.272 e. The van der Waals surface area contributed by atoms with Gasteiger partial charge < -0.3 is 10.6 Å². The summed E-state index contributed by atoms with van der Waals surface area (Å²) >= 11 is 0. The summed E-state index contributed by atoms with van der Waals surface area (Å²) in [5, 5.41) is 9.86. The number of anilines is 1. The van der Waals surface area contributed by atoms with Gasteiger partial charge in [-0.05, 0) is 30.7 Å². The molecule has 1 atom stereocenters. The molecule has 1 heterocycles. The van der Waals surface area contributed by atoms with Crippen molar-refractivity contribution in [3.63, 3.8) is 0 Å². The van der Waals surface area contributed by atoms with Gasteiger partial charge in [0.1, 0.15) is 11.7 Å². The molecule has 1 unspecified atom stereocenters. The molecule has 0 bridgehead atoms. The van der Waals surface area contributed by atoms with Gasteiger partial charge in [-0.25, -0.2) is 0 Å². The van der Waals surface area contributed by atoms with Gasteiger partial charge in [0.2, 0.25) is 5.91 Å². The Bertz CT molecular complexity index is 900. The Morgan fingerprint density at radius 1 is 1.04 bits per heavy atom. The van der Waals surface area contributed by atoms with Crippen LogP contribution >= 0.6 is 0 Å². The third-order valence-electron chi connectivity index (χ3n) is 4.29. The van der Waals surface area contributed by atoms with E-state index >= 15 is 0 Å². The lowest BCUT2D eigenvalue weighted by atomic mass is 10.0. The second-order valence-electron chi connectivity index (χ2n) is 6.37. The molecule has 27 heavy (non-hydrogen) atoms. The fourth-order valence-electron chi connectivity index (χ4n) is 2.71. The first kappa shape index (κ1) is 18.4. The summed E-state index contributed by atoms with van der Waals surface area (Å²) in [4.78, 5) is 25.4. The van der Waals surface area contributed by atoms with E-state index in [1.807, 2.05) is 55.5 Å². The molecular formula is C21H22N4O2. The van der Waals surface area contributed by atoms with Crippen LogP contribution in [-0.4, -0.2) is 27.6 Å². The quantitative estimate of drug-likeness (QED) is 0.708. The highest BCUT2D eigenvalue weighted by molar-refractivity contribution is 6.00. The van der Waals surface area contributed by atoms with Crippen LogP contribution in [0.3, 0.4) is 0 Å². The average molecular weight is 362 g/mol. The van der Waals surface area contributed by atoms with Crippen LogP contribution in [0.25, 0.3) is 0 Å². The summed E-state index contributed by atoms with van der Waals surface area (Å²) in [5.41, 5.74) is 2.81. The van der Waals surface area contributed by atoms with Crippen LogP contribution in [0.2, 0.25) is 0 Å². The first-order valence-electron chi connectivity index (χ1n) is 8.74. The van der Waals surface area contributed by atoms with Gasteiger partial charge in [0, 0.05) is 24.8 Å². The number of carbonyl (C=O) groups is 2. The molecule has 3 aromatic rings. The molecule has 0 saturated carbocycles. The van der Waals surface area contributed by atoms with Crippen LogP contribution in [0.5, 0.6) is 0 Å². The van der Waals surface area contributed by atoms with E-state index in [9.17, 15) is 9.59 Å². The second-order valence-corrected chi connectivity index (χ2v) is 6.37. The number of nitrogens with zero attached hydrogens (tertiary/aromatic N) is 2. The maximum absolute atomic E-state index is 12.8. The van der Waals surface area contributed by atoms with E-state index in [1.54, 1.807) is 29.9 Å². The molecule has 2 aromatic carbocycles. The Balaban J connectivity index is 1.78. The molecule has 0 aliphatic heterocycles. The highest BCUT2D eigenvalue weighted by atomic mass is 16.2. The van der Waals surface area contributed by atoms with Crippen molar-refractivity contribution in [1.29, 1.82) is 0 Å². The molecule has 1 aromatic heterocycles. The average Bonchev–Trinajstić information content (AvgIpc) is 3.02. The number of hydrogen-bond acceptors (Lipinski definition) is 3. The van der Waals surface area contributed by atoms with Gasteiger partial charge in [0.25, 0.3) is 5.91 Å². The Morgan fingerprint density at radius 2 is 1.67 bits per heavy atom. The molecule has 0 fully saturated rings. The van der Waals surface area contributed by atoms with Crippen molar-refractivity contribution in [3.8, 4) is 0 Å². The van der Waals surface area contributed by atoms with Crippen LogP contribution in [-0.2, 0) is 18.3 Å². The monoisotopic (exact) mass is 362 g/mol.